The van der Waals surface area contributed by atoms with Gasteiger partial charge in [0.1, 0.15) is 0 Å². The van der Waals surface area contributed by atoms with Crippen LogP contribution in [-0.2, 0) is 11.8 Å². The number of nitrogens with one attached hydrogen (secondary N) is 1. The van der Waals surface area contributed by atoms with E-state index in [0.717, 1.165) is 23.9 Å². The average Bonchev–Trinajstić information content (AvgIpc) is 3.03. The average molecular weight is 320 g/mol. The Morgan fingerprint density at radius 1 is 1.35 bits per heavy atom. The second-order valence-corrected chi connectivity index (χ2v) is 7.60. The number of nitrogens with zero attached hydrogens (tertiary/aromatic N) is 1. The zero-order chi connectivity index (χ0) is 16.8. The van der Waals surface area contributed by atoms with Crippen molar-refractivity contribution in [2.75, 3.05) is 13.6 Å². The topological polar surface area (TPSA) is 19.0 Å². The first-order valence-corrected chi connectivity index (χ1v) is 8.35. The third kappa shape index (κ3) is 2.57. The lowest BCUT2D eigenvalue weighted by Crippen LogP contribution is -2.53. The summed E-state index contributed by atoms with van der Waals surface area (Å²) in [5.41, 5.74) is 2.95. The van der Waals surface area contributed by atoms with Crippen molar-refractivity contribution in [3.8, 4) is 0 Å². The molecule has 1 N–H and O–H groups in total. The summed E-state index contributed by atoms with van der Waals surface area (Å²) in [5.74, 6) is 0. The van der Waals surface area contributed by atoms with Gasteiger partial charge in [0.25, 0.3) is 0 Å². The standard InChI is InChI=1S/C19H26F2N2/c1-18(2,19(3)8-5-9-23(19)4)15-12-22-16-7-6-13(10-14(15)16)11-17(20)21/h6-7,10,12,17,22H,5,8-9,11H2,1-4H3/t19-/m1/s1. The first-order chi connectivity index (χ1) is 10.8. The highest BCUT2D eigenvalue weighted by Gasteiger charge is 2.48. The molecular formula is C19H26F2N2. The summed E-state index contributed by atoms with van der Waals surface area (Å²) >= 11 is 0. The lowest BCUT2D eigenvalue weighted by Gasteiger charge is -2.46. The fourth-order valence-corrected chi connectivity index (χ4v) is 4.17. The van der Waals surface area contributed by atoms with Crippen molar-refractivity contribution in [2.24, 2.45) is 0 Å². The van der Waals surface area contributed by atoms with Crippen LogP contribution in [0.15, 0.2) is 24.4 Å². The molecule has 1 aromatic carbocycles. The van der Waals surface area contributed by atoms with E-state index in [1.807, 2.05) is 12.1 Å². The van der Waals surface area contributed by atoms with Gasteiger partial charge in [-0.1, -0.05) is 19.9 Å². The van der Waals surface area contributed by atoms with Gasteiger partial charge in [0.15, 0.2) is 0 Å². The Morgan fingerprint density at radius 3 is 2.70 bits per heavy atom. The van der Waals surface area contributed by atoms with Gasteiger partial charge in [0.05, 0.1) is 0 Å². The zero-order valence-corrected chi connectivity index (χ0v) is 14.4. The molecule has 0 amide bonds. The van der Waals surface area contributed by atoms with Gasteiger partial charge in [-0.25, -0.2) is 8.78 Å². The van der Waals surface area contributed by atoms with Crippen molar-refractivity contribution in [2.45, 2.75) is 57.4 Å². The number of rotatable bonds is 4. The highest BCUT2D eigenvalue weighted by molar-refractivity contribution is 5.85. The van der Waals surface area contributed by atoms with Crippen molar-refractivity contribution >= 4 is 10.9 Å². The summed E-state index contributed by atoms with van der Waals surface area (Å²) in [6.07, 6.45) is 1.93. The first kappa shape index (κ1) is 16.4. The number of fused-ring (bicyclic) bond motifs is 1. The normalized spacial score (nSPS) is 23.3. The number of likely N-dealkylation sites (tertiary alicyclic amines) is 1. The van der Waals surface area contributed by atoms with E-state index in [9.17, 15) is 8.78 Å². The van der Waals surface area contributed by atoms with E-state index in [1.165, 1.54) is 12.0 Å². The Morgan fingerprint density at radius 2 is 2.09 bits per heavy atom. The van der Waals surface area contributed by atoms with E-state index in [4.69, 9.17) is 0 Å². The van der Waals surface area contributed by atoms with E-state index >= 15 is 0 Å². The number of alkyl halides is 2. The minimum Gasteiger partial charge on any atom is -0.361 e. The lowest BCUT2D eigenvalue weighted by molar-refractivity contribution is 0.107. The zero-order valence-electron chi connectivity index (χ0n) is 14.4. The number of hydrogen-bond donors (Lipinski definition) is 1. The highest BCUT2D eigenvalue weighted by atomic mass is 19.3. The van der Waals surface area contributed by atoms with Crippen LogP contribution in [0.2, 0.25) is 0 Å². The van der Waals surface area contributed by atoms with Crippen molar-refractivity contribution in [1.82, 2.24) is 9.88 Å². The van der Waals surface area contributed by atoms with Gasteiger partial charge in [-0.2, -0.15) is 0 Å². The molecule has 1 aromatic heterocycles. The summed E-state index contributed by atoms with van der Waals surface area (Å²) in [5, 5.41) is 1.08. The fraction of sp³-hybridized carbons (Fsp3) is 0.579. The monoisotopic (exact) mass is 320 g/mol. The first-order valence-electron chi connectivity index (χ1n) is 8.35. The maximum Gasteiger partial charge on any atom is 0.242 e. The fourth-order valence-electron chi connectivity index (χ4n) is 4.17. The molecule has 0 spiro atoms. The molecule has 0 aliphatic carbocycles. The molecule has 1 aliphatic rings. The van der Waals surface area contributed by atoms with E-state index in [2.05, 4.69) is 43.9 Å². The molecule has 23 heavy (non-hydrogen) atoms. The van der Waals surface area contributed by atoms with Crippen molar-refractivity contribution in [3.63, 3.8) is 0 Å². The van der Waals surface area contributed by atoms with Gasteiger partial charge in [-0.15, -0.1) is 0 Å². The number of aromatic amines is 1. The minimum absolute atomic E-state index is 0.0695. The molecular weight excluding hydrogens is 294 g/mol. The summed E-state index contributed by atoms with van der Waals surface area (Å²) in [6, 6.07) is 5.66. The molecule has 126 valence electrons. The lowest BCUT2D eigenvalue weighted by atomic mass is 9.67. The third-order valence-corrected chi connectivity index (χ3v) is 6.16. The molecule has 0 bridgehead atoms. The van der Waals surface area contributed by atoms with Crippen molar-refractivity contribution < 1.29 is 8.78 Å². The Labute approximate surface area is 136 Å². The Balaban J connectivity index is 2.08. The summed E-state index contributed by atoms with van der Waals surface area (Å²) in [6.45, 7) is 7.98. The molecule has 1 fully saturated rings. The Bertz CT molecular complexity index is 704. The number of hydrogen-bond acceptors (Lipinski definition) is 1. The van der Waals surface area contributed by atoms with Gasteiger partial charge in [-0.05, 0) is 56.6 Å². The number of likely N-dealkylation sites (N-methyl/N-ethyl adjacent to an activating group) is 1. The van der Waals surface area contributed by atoms with Gasteiger partial charge >= 0.3 is 0 Å². The number of halogens is 2. The van der Waals surface area contributed by atoms with Crippen LogP contribution in [0.1, 0.15) is 44.7 Å². The predicted octanol–water partition coefficient (Wildman–Crippen LogP) is 4.74. The van der Waals surface area contributed by atoms with Gasteiger partial charge in [-0.3, -0.25) is 0 Å². The van der Waals surface area contributed by atoms with E-state index in [-0.39, 0.29) is 17.4 Å². The van der Waals surface area contributed by atoms with Crippen LogP contribution in [0.25, 0.3) is 10.9 Å². The van der Waals surface area contributed by atoms with Crippen LogP contribution >= 0.6 is 0 Å². The number of aromatic nitrogens is 1. The van der Waals surface area contributed by atoms with Crippen LogP contribution in [0.3, 0.4) is 0 Å². The summed E-state index contributed by atoms with van der Waals surface area (Å²) < 4.78 is 25.4. The molecule has 4 heteroatoms. The number of H-pyrrole nitrogens is 1. The second-order valence-electron chi connectivity index (χ2n) is 7.60. The Kier molecular flexibility index (Phi) is 3.99. The largest absolute Gasteiger partial charge is 0.361 e. The van der Waals surface area contributed by atoms with Crippen LogP contribution in [0.5, 0.6) is 0 Å². The quantitative estimate of drug-likeness (QED) is 0.862. The van der Waals surface area contributed by atoms with E-state index in [0.29, 0.717) is 5.56 Å². The number of benzene rings is 1. The molecule has 2 aromatic rings. The summed E-state index contributed by atoms with van der Waals surface area (Å²) in [7, 11) is 2.19. The molecule has 0 unspecified atom stereocenters. The molecule has 2 heterocycles. The maximum absolute atomic E-state index is 12.7. The maximum atomic E-state index is 12.7. The molecule has 1 aliphatic heterocycles. The van der Waals surface area contributed by atoms with Crippen LogP contribution in [-0.4, -0.2) is 35.4 Å². The van der Waals surface area contributed by atoms with Gasteiger partial charge in [0, 0.05) is 34.5 Å². The van der Waals surface area contributed by atoms with E-state index in [1.54, 1.807) is 6.07 Å². The van der Waals surface area contributed by atoms with Crippen LogP contribution in [0.4, 0.5) is 8.78 Å². The smallest absolute Gasteiger partial charge is 0.242 e. The van der Waals surface area contributed by atoms with Crippen molar-refractivity contribution in [3.05, 3.63) is 35.5 Å². The highest BCUT2D eigenvalue weighted by Crippen LogP contribution is 2.46. The molecule has 1 atom stereocenters. The van der Waals surface area contributed by atoms with Crippen LogP contribution < -0.4 is 0 Å². The van der Waals surface area contributed by atoms with E-state index < -0.39 is 6.43 Å². The second kappa shape index (κ2) is 5.59. The predicted molar refractivity (Wildman–Crippen MR) is 91.3 cm³/mol. The minimum atomic E-state index is -2.30. The van der Waals surface area contributed by atoms with Crippen molar-refractivity contribution in [1.29, 1.82) is 0 Å². The van der Waals surface area contributed by atoms with Gasteiger partial charge in [0.2, 0.25) is 6.43 Å². The Hall–Kier alpha value is -1.42. The molecule has 3 rings (SSSR count). The van der Waals surface area contributed by atoms with Crippen LogP contribution in [0, 0.1) is 0 Å². The molecule has 0 radical (unpaired) electrons. The third-order valence-electron chi connectivity index (χ3n) is 6.16. The summed E-state index contributed by atoms with van der Waals surface area (Å²) in [4.78, 5) is 5.76. The van der Waals surface area contributed by atoms with Gasteiger partial charge < -0.3 is 9.88 Å². The molecule has 1 saturated heterocycles. The SMILES string of the molecule is CN1CCC[C@]1(C)C(C)(C)c1c[nH]c2ccc(CC(F)F)cc12. The molecule has 2 nitrogen and oxygen atoms in total. The molecule has 0 saturated carbocycles.